The van der Waals surface area contributed by atoms with Crippen LogP contribution in [0, 0.1) is 22.9 Å². The van der Waals surface area contributed by atoms with Crippen molar-refractivity contribution in [1.29, 1.82) is 0 Å². The second kappa shape index (κ2) is 8.31. The number of nitro benzene ring substituents is 1. The molecular formula is C17H19FN4O5S. The summed E-state index contributed by atoms with van der Waals surface area (Å²) in [5.41, 5.74) is 0.361. The lowest BCUT2D eigenvalue weighted by Crippen LogP contribution is -2.44. The first-order chi connectivity index (χ1) is 13.0. The lowest BCUT2D eigenvalue weighted by Gasteiger charge is -2.27. The highest BCUT2D eigenvalue weighted by molar-refractivity contribution is 7.90. The Bertz CT molecular complexity index is 993. The van der Waals surface area contributed by atoms with E-state index in [1.807, 2.05) is 0 Å². The molecule has 0 radical (unpaired) electrons. The predicted molar refractivity (Wildman–Crippen MR) is 103 cm³/mol. The van der Waals surface area contributed by atoms with E-state index in [9.17, 15) is 27.7 Å². The average molecular weight is 410 g/mol. The van der Waals surface area contributed by atoms with Crippen LogP contribution in [0.3, 0.4) is 0 Å². The van der Waals surface area contributed by atoms with Crippen molar-refractivity contribution in [2.45, 2.75) is 6.92 Å². The summed E-state index contributed by atoms with van der Waals surface area (Å²) in [6, 6.07) is 8.82. The number of amides is 1. The summed E-state index contributed by atoms with van der Waals surface area (Å²) >= 11 is 0. The second-order valence-corrected chi connectivity index (χ2v) is 8.09. The van der Waals surface area contributed by atoms with Gasteiger partial charge in [-0.1, -0.05) is 6.07 Å². The van der Waals surface area contributed by atoms with Crippen LogP contribution < -0.4 is 9.62 Å². The Morgan fingerprint density at radius 1 is 1.18 bits per heavy atom. The lowest BCUT2D eigenvalue weighted by atomic mass is 10.1. The maximum atomic E-state index is 13.2. The van der Waals surface area contributed by atoms with Crippen molar-refractivity contribution in [3.8, 4) is 0 Å². The van der Waals surface area contributed by atoms with Crippen molar-refractivity contribution in [3.63, 3.8) is 0 Å². The Morgan fingerprint density at radius 3 is 2.32 bits per heavy atom. The lowest BCUT2D eigenvalue weighted by molar-refractivity contribution is -0.385. The number of hydrogen-bond donors (Lipinski definition) is 1. The summed E-state index contributed by atoms with van der Waals surface area (Å²) in [6.07, 6.45) is 0. The number of nitrogens with one attached hydrogen (secondary N) is 1. The molecule has 0 unspecified atom stereocenters. The first kappa shape index (κ1) is 21.3. The molecule has 2 aromatic rings. The van der Waals surface area contributed by atoms with E-state index in [0.29, 0.717) is 0 Å². The Labute approximate surface area is 161 Å². The van der Waals surface area contributed by atoms with Gasteiger partial charge in [0.15, 0.2) is 0 Å². The molecule has 2 aromatic carbocycles. The summed E-state index contributed by atoms with van der Waals surface area (Å²) in [7, 11) is -1.45. The van der Waals surface area contributed by atoms with Crippen LogP contribution in [-0.4, -0.2) is 44.2 Å². The SMILES string of the molecule is Cc1c(NC(=O)CN(c2ccc(F)cc2)S(=O)(=O)N(C)C)cccc1[N+](=O)[O-]. The third-order valence-corrected chi connectivity index (χ3v) is 5.74. The van der Waals surface area contributed by atoms with Crippen molar-refractivity contribution in [2.24, 2.45) is 0 Å². The van der Waals surface area contributed by atoms with Gasteiger partial charge in [-0.3, -0.25) is 14.9 Å². The summed E-state index contributed by atoms with van der Waals surface area (Å²) in [4.78, 5) is 22.9. The van der Waals surface area contributed by atoms with Gasteiger partial charge in [0.2, 0.25) is 5.91 Å². The number of carbonyl (C=O) groups is 1. The van der Waals surface area contributed by atoms with Gasteiger partial charge in [-0.2, -0.15) is 12.7 Å². The summed E-state index contributed by atoms with van der Waals surface area (Å²) in [5, 5.41) is 13.5. The number of nitro groups is 1. The normalized spacial score (nSPS) is 11.3. The number of nitrogens with zero attached hydrogens (tertiary/aromatic N) is 3. The molecule has 0 saturated heterocycles. The van der Waals surface area contributed by atoms with Crippen LogP contribution in [0.4, 0.5) is 21.5 Å². The number of carbonyl (C=O) groups excluding carboxylic acids is 1. The van der Waals surface area contributed by atoms with Gasteiger partial charge in [0.1, 0.15) is 12.4 Å². The molecule has 0 saturated carbocycles. The first-order valence-corrected chi connectivity index (χ1v) is 9.43. The Balaban J connectivity index is 2.32. The molecule has 0 fully saturated rings. The standard InChI is InChI=1S/C17H19FN4O5S/c1-12-15(5-4-6-16(12)22(24)25)19-17(23)11-21(28(26,27)20(2)3)14-9-7-13(18)8-10-14/h4-10H,11H2,1-3H3,(H,19,23). The van der Waals surface area contributed by atoms with E-state index in [1.54, 1.807) is 0 Å². The van der Waals surface area contributed by atoms with Gasteiger partial charge in [-0.15, -0.1) is 0 Å². The third kappa shape index (κ3) is 4.61. The van der Waals surface area contributed by atoms with E-state index in [1.165, 1.54) is 51.4 Å². The topological polar surface area (TPSA) is 113 Å². The quantitative estimate of drug-likeness (QED) is 0.556. The number of halogens is 1. The molecule has 0 atom stereocenters. The molecule has 0 bridgehead atoms. The van der Waals surface area contributed by atoms with Crippen molar-refractivity contribution < 1.29 is 22.5 Å². The molecule has 0 heterocycles. The van der Waals surface area contributed by atoms with Crippen molar-refractivity contribution in [2.75, 3.05) is 30.3 Å². The molecule has 150 valence electrons. The van der Waals surface area contributed by atoms with E-state index in [4.69, 9.17) is 0 Å². The van der Waals surface area contributed by atoms with Gasteiger partial charge in [0.25, 0.3) is 5.69 Å². The zero-order chi connectivity index (χ0) is 21.1. The van der Waals surface area contributed by atoms with E-state index < -0.39 is 33.4 Å². The van der Waals surface area contributed by atoms with Crippen molar-refractivity contribution in [1.82, 2.24) is 4.31 Å². The van der Waals surface area contributed by atoms with E-state index >= 15 is 0 Å². The molecule has 2 rings (SSSR count). The smallest absolute Gasteiger partial charge is 0.304 e. The molecular weight excluding hydrogens is 391 g/mol. The number of hydrogen-bond acceptors (Lipinski definition) is 5. The highest BCUT2D eigenvalue weighted by Gasteiger charge is 2.27. The van der Waals surface area contributed by atoms with Crippen LogP contribution in [-0.2, 0) is 15.0 Å². The van der Waals surface area contributed by atoms with Gasteiger partial charge in [0, 0.05) is 20.2 Å². The van der Waals surface area contributed by atoms with Crippen LogP contribution in [0.1, 0.15) is 5.56 Å². The molecule has 1 amide bonds. The minimum absolute atomic E-state index is 0.0982. The zero-order valence-corrected chi connectivity index (χ0v) is 16.2. The molecule has 1 N–H and O–H groups in total. The minimum atomic E-state index is -4.05. The predicted octanol–water partition coefficient (Wildman–Crippen LogP) is 2.29. The van der Waals surface area contributed by atoms with Crippen molar-refractivity contribution in [3.05, 3.63) is 64.0 Å². The van der Waals surface area contributed by atoms with E-state index in [2.05, 4.69) is 5.32 Å². The van der Waals surface area contributed by atoms with E-state index in [-0.39, 0.29) is 22.6 Å². The van der Waals surface area contributed by atoms with Gasteiger partial charge < -0.3 is 5.32 Å². The maximum Gasteiger partial charge on any atom is 0.304 e. The molecule has 11 heteroatoms. The molecule has 28 heavy (non-hydrogen) atoms. The summed E-state index contributed by atoms with van der Waals surface area (Å²) < 4.78 is 40.1. The highest BCUT2D eigenvalue weighted by Crippen LogP contribution is 2.25. The fourth-order valence-electron chi connectivity index (χ4n) is 2.39. The van der Waals surface area contributed by atoms with E-state index in [0.717, 1.165) is 20.7 Å². The van der Waals surface area contributed by atoms with Crippen LogP contribution in [0.5, 0.6) is 0 Å². The molecule has 0 spiro atoms. The Kier molecular flexibility index (Phi) is 6.31. The van der Waals surface area contributed by atoms with Gasteiger partial charge >= 0.3 is 10.2 Å². The zero-order valence-electron chi connectivity index (χ0n) is 15.4. The Hall–Kier alpha value is -3.05. The summed E-state index contributed by atoms with van der Waals surface area (Å²) in [6.45, 7) is 0.871. The molecule has 9 nitrogen and oxygen atoms in total. The van der Waals surface area contributed by atoms with Gasteiger partial charge in [-0.25, -0.2) is 8.70 Å². The van der Waals surface area contributed by atoms with Gasteiger partial charge in [-0.05, 0) is 37.3 Å². The monoisotopic (exact) mass is 410 g/mol. The molecule has 0 aromatic heterocycles. The third-order valence-electron chi connectivity index (χ3n) is 3.92. The molecule has 0 aliphatic carbocycles. The second-order valence-electron chi connectivity index (χ2n) is 6.03. The number of benzene rings is 2. The minimum Gasteiger partial charge on any atom is -0.324 e. The first-order valence-electron chi connectivity index (χ1n) is 8.03. The van der Waals surface area contributed by atoms with Crippen LogP contribution in [0.25, 0.3) is 0 Å². The number of rotatable bonds is 7. The van der Waals surface area contributed by atoms with Crippen LogP contribution in [0.2, 0.25) is 0 Å². The van der Waals surface area contributed by atoms with Gasteiger partial charge in [0.05, 0.1) is 21.9 Å². The fourth-order valence-corrected chi connectivity index (χ4v) is 3.45. The molecule has 0 aliphatic heterocycles. The average Bonchev–Trinajstić information content (AvgIpc) is 2.62. The summed E-state index contributed by atoms with van der Waals surface area (Å²) in [5.74, 6) is -1.26. The fraction of sp³-hybridized carbons (Fsp3) is 0.235. The maximum absolute atomic E-state index is 13.2. The van der Waals surface area contributed by atoms with Crippen LogP contribution in [0.15, 0.2) is 42.5 Å². The van der Waals surface area contributed by atoms with Crippen molar-refractivity contribution >= 4 is 33.2 Å². The highest BCUT2D eigenvalue weighted by atomic mass is 32.2. The Morgan fingerprint density at radius 2 is 1.79 bits per heavy atom. The largest absolute Gasteiger partial charge is 0.324 e. The number of anilines is 2. The van der Waals surface area contributed by atoms with Crippen LogP contribution >= 0.6 is 0 Å². The molecule has 0 aliphatic rings.